The summed E-state index contributed by atoms with van der Waals surface area (Å²) in [7, 11) is 0. The van der Waals surface area contributed by atoms with Crippen molar-refractivity contribution < 1.29 is 4.79 Å². The molecule has 18 heavy (non-hydrogen) atoms. The molecule has 0 saturated carbocycles. The van der Waals surface area contributed by atoms with Crippen LogP contribution in [-0.2, 0) is 6.42 Å². The van der Waals surface area contributed by atoms with E-state index in [1.165, 1.54) is 0 Å². The molecule has 1 N–H and O–H groups in total. The predicted molar refractivity (Wildman–Crippen MR) is 77.3 cm³/mol. The molecule has 6 heteroatoms. The van der Waals surface area contributed by atoms with Crippen LogP contribution in [0.1, 0.15) is 19.0 Å². The molecule has 2 amide bonds. The first kappa shape index (κ1) is 13.7. The average molecular weight is 285 g/mol. The monoisotopic (exact) mass is 285 g/mol. The van der Waals surface area contributed by atoms with Gasteiger partial charge in [-0.25, -0.2) is 9.78 Å². The number of amides is 2. The van der Waals surface area contributed by atoms with Crippen molar-refractivity contribution in [3.05, 3.63) is 16.6 Å². The number of thiazole rings is 1. The van der Waals surface area contributed by atoms with Crippen LogP contribution in [0.2, 0.25) is 0 Å². The molecule has 0 spiro atoms. The third kappa shape index (κ3) is 3.88. The van der Waals surface area contributed by atoms with Crippen LogP contribution in [0, 0.1) is 0 Å². The van der Waals surface area contributed by atoms with Gasteiger partial charge < -0.3 is 10.2 Å². The number of nitrogens with zero attached hydrogens (tertiary/aromatic N) is 2. The third-order valence-electron chi connectivity index (χ3n) is 3.09. The summed E-state index contributed by atoms with van der Waals surface area (Å²) in [6.45, 7) is 3.65. The van der Waals surface area contributed by atoms with Gasteiger partial charge in [-0.05, 0) is 19.1 Å². The first-order valence-corrected chi connectivity index (χ1v) is 8.36. The van der Waals surface area contributed by atoms with Gasteiger partial charge in [-0.3, -0.25) is 0 Å². The Bertz CT molecular complexity index is 369. The fourth-order valence-corrected chi connectivity index (χ4v) is 3.59. The van der Waals surface area contributed by atoms with Crippen molar-refractivity contribution in [2.24, 2.45) is 0 Å². The van der Waals surface area contributed by atoms with E-state index in [-0.39, 0.29) is 6.03 Å². The fourth-order valence-electron chi connectivity index (χ4n) is 1.96. The van der Waals surface area contributed by atoms with E-state index in [1.807, 2.05) is 27.6 Å². The molecule has 1 fully saturated rings. The van der Waals surface area contributed by atoms with E-state index >= 15 is 0 Å². The van der Waals surface area contributed by atoms with Crippen molar-refractivity contribution >= 4 is 29.1 Å². The molecule has 4 nitrogen and oxygen atoms in total. The number of nitrogens with one attached hydrogen (secondary N) is 1. The van der Waals surface area contributed by atoms with Crippen molar-refractivity contribution in [1.82, 2.24) is 15.2 Å². The summed E-state index contributed by atoms with van der Waals surface area (Å²) in [6.07, 6.45) is 1.90. The summed E-state index contributed by atoms with van der Waals surface area (Å²) in [5, 5.41) is 5.02. The van der Waals surface area contributed by atoms with Crippen molar-refractivity contribution in [1.29, 1.82) is 0 Å². The van der Waals surface area contributed by atoms with Gasteiger partial charge in [0.2, 0.25) is 0 Å². The van der Waals surface area contributed by atoms with Gasteiger partial charge in [0.25, 0.3) is 0 Å². The van der Waals surface area contributed by atoms with E-state index in [2.05, 4.69) is 17.2 Å². The minimum absolute atomic E-state index is 0.0697. The number of hydrogen-bond donors (Lipinski definition) is 1. The zero-order chi connectivity index (χ0) is 12.8. The number of aromatic nitrogens is 1. The molecule has 0 aromatic carbocycles. The zero-order valence-corrected chi connectivity index (χ0v) is 12.2. The summed E-state index contributed by atoms with van der Waals surface area (Å²) in [5.41, 5.74) is 2.88. The minimum Gasteiger partial charge on any atom is -0.338 e. The van der Waals surface area contributed by atoms with Crippen LogP contribution >= 0.6 is 23.1 Å². The van der Waals surface area contributed by atoms with E-state index in [9.17, 15) is 4.79 Å². The lowest BCUT2D eigenvalue weighted by molar-refractivity contribution is 0.183. The molecule has 2 rings (SSSR count). The number of carbonyl (C=O) groups excluding carboxylic acids is 1. The minimum atomic E-state index is 0.0697. The first-order valence-electron chi connectivity index (χ1n) is 6.26. The van der Waals surface area contributed by atoms with Gasteiger partial charge in [-0.2, -0.15) is 11.8 Å². The van der Waals surface area contributed by atoms with Crippen molar-refractivity contribution in [2.45, 2.75) is 25.8 Å². The summed E-state index contributed by atoms with van der Waals surface area (Å²) < 4.78 is 0. The highest BCUT2D eigenvalue weighted by Crippen LogP contribution is 2.15. The first-order chi connectivity index (χ1) is 8.77. The van der Waals surface area contributed by atoms with Crippen LogP contribution in [0.4, 0.5) is 4.79 Å². The van der Waals surface area contributed by atoms with Gasteiger partial charge in [0.05, 0.1) is 11.2 Å². The molecule has 0 bridgehead atoms. The van der Waals surface area contributed by atoms with Crippen LogP contribution in [0.25, 0.3) is 0 Å². The Morgan fingerprint density at radius 1 is 1.61 bits per heavy atom. The van der Waals surface area contributed by atoms with Crippen LogP contribution in [0.5, 0.6) is 0 Å². The van der Waals surface area contributed by atoms with Crippen LogP contribution in [-0.4, -0.2) is 46.6 Å². The van der Waals surface area contributed by atoms with E-state index in [4.69, 9.17) is 0 Å². The highest BCUT2D eigenvalue weighted by atomic mass is 32.2. The van der Waals surface area contributed by atoms with Crippen LogP contribution < -0.4 is 5.32 Å². The molecule has 1 aromatic heterocycles. The topological polar surface area (TPSA) is 45.2 Å². The molecule has 1 aromatic rings. The molecular formula is C12H19N3OS2. The molecule has 0 radical (unpaired) electrons. The number of urea groups is 1. The summed E-state index contributed by atoms with van der Waals surface area (Å²) in [4.78, 5) is 18.2. The van der Waals surface area contributed by atoms with Gasteiger partial charge in [0.1, 0.15) is 0 Å². The average Bonchev–Trinajstić information content (AvgIpc) is 2.77. The number of carbonyl (C=O) groups is 1. The highest BCUT2D eigenvalue weighted by Gasteiger charge is 2.21. The fraction of sp³-hybridized carbons (Fsp3) is 0.667. The summed E-state index contributed by atoms with van der Waals surface area (Å²) in [5.74, 6) is 2.20. The molecule has 2 heterocycles. The van der Waals surface area contributed by atoms with Crippen molar-refractivity contribution in [2.75, 3.05) is 24.6 Å². The lowest BCUT2D eigenvalue weighted by Gasteiger charge is -2.26. The number of thioether (sulfide) groups is 1. The zero-order valence-electron chi connectivity index (χ0n) is 10.6. The van der Waals surface area contributed by atoms with Gasteiger partial charge in [-0.15, -0.1) is 11.3 Å². The maximum atomic E-state index is 12.1. The predicted octanol–water partition coefficient (Wildman–Crippen LogP) is 2.22. The number of rotatable bonds is 3. The normalized spacial score (nSPS) is 20.5. The van der Waals surface area contributed by atoms with Crippen LogP contribution in [0.3, 0.4) is 0 Å². The Labute approximate surface area is 116 Å². The third-order valence-corrected chi connectivity index (χ3v) is 4.72. The molecule has 1 atom stereocenters. The second-order valence-corrected chi connectivity index (χ2v) is 6.35. The Balaban J connectivity index is 1.76. The molecule has 100 valence electrons. The summed E-state index contributed by atoms with van der Waals surface area (Å²) >= 11 is 3.52. The Hall–Kier alpha value is -0.750. The van der Waals surface area contributed by atoms with Gasteiger partial charge in [0, 0.05) is 36.7 Å². The van der Waals surface area contributed by atoms with Gasteiger partial charge >= 0.3 is 6.03 Å². The standard InChI is InChI=1S/C12H19N3OS2/c1-10-3-6-17-7-5-15(10)12(16)13-4-2-11-8-18-9-14-11/h8-10H,2-7H2,1H3,(H,13,16). The second kappa shape index (κ2) is 6.99. The largest absolute Gasteiger partial charge is 0.338 e. The van der Waals surface area contributed by atoms with E-state index in [1.54, 1.807) is 11.3 Å². The quantitative estimate of drug-likeness (QED) is 0.926. The summed E-state index contributed by atoms with van der Waals surface area (Å²) in [6, 6.07) is 0.416. The maximum Gasteiger partial charge on any atom is 0.317 e. The SMILES string of the molecule is CC1CCSCCN1C(=O)NCCc1cscn1. The molecule has 1 aliphatic rings. The van der Waals surface area contributed by atoms with Crippen molar-refractivity contribution in [3.8, 4) is 0 Å². The second-order valence-electron chi connectivity index (χ2n) is 4.41. The highest BCUT2D eigenvalue weighted by molar-refractivity contribution is 7.99. The maximum absolute atomic E-state index is 12.1. The molecule has 1 saturated heterocycles. The Kier molecular flexibility index (Phi) is 5.31. The van der Waals surface area contributed by atoms with Crippen LogP contribution in [0.15, 0.2) is 10.9 Å². The Morgan fingerprint density at radius 3 is 3.28 bits per heavy atom. The lowest BCUT2D eigenvalue weighted by atomic mass is 10.2. The van der Waals surface area contributed by atoms with Gasteiger partial charge in [-0.1, -0.05) is 0 Å². The smallest absolute Gasteiger partial charge is 0.317 e. The molecule has 0 aliphatic carbocycles. The Morgan fingerprint density at radius 2 is 2.50 bits per heavy atom. The molecular weight excluding hydrogens is 266 g/mol. The van der Waals surface area contributed by atoms with Crippen molar-refractivity contribution in [3.63, 3.8) is 0 Å². The van der Waals surface area contributed by atoms with E-state index in [0.717, 1.165) is 36.6 Å². The van der Waals surface area contributed by atoms with E-state index in [0.29, 0.717) is 12.6 Å². The van der Waals surface area contributed by atoms with E-state index < -0.39 is 0 Å². The number of hydrogen-bond acceptors (Lipinski definition) is 4. The molecule has 1 aliphatic heterocycles. The lowest BCUT2D eigenvalue weighted by Crippen LogP contribution is -2.46. The molecule has 1 unspecified atom stereocenters. The van der Waals surface area contributed by atoms with Gasteiger partial charge in [0.15, 0.2) is 0 Å².